The van der Waals surface area contributed by atoms with Crippen LogP contribution in [0.2, 0.25) is 0 Å². The minimum Gasteiger partial charge on any atom is -0.465 e. The first kappa shape index (κ1) is 16.8. The lowest BCUT2D eigenvalue weighted by Crippen LogP contribution is -2.52. The lowest BCUT2D eigenvalue weighted by molar-refractivity contribution is -0.151. The number of nitrogens with two attached hydrogens (primary N) is 1. The van der Waals surface area contributed by atoms with Gasteiger partial charge in [-0.05, 0) is 63.7 Å². The molecule has 0 saturated heterocycles. The summed E-state index contributed by atoms with van der Waals surface area (Å²) in [7, 11) is 0. The van der Waals surface area contributed by atoms with Gasteiger partial charge in [0, 0.05) is 6.61 Å². The standard InChI is InChI=1S/C17H31NO3/c1-3-20-16(19)17(18)11-4-5-14(17)10-12-21-15-8-6-13(2)7-9-15/h13-15H,3-12,18H2,1-2H3. The van der Waals surface area contributed by atoms with Crippen LogP contribution in [-0.4, -0.2) is 30.8 Å². The van der Waals surface area contributed by atoms with E-state index >= 15 is 0 Å². The zero-order chi connectivity index (χ0) is 15.3. The lowest BCUT2D eigenvalue weighted by Gasteiger charge is -2.30. The van der Waals surface area contributed by atoms with Gasteiger partial charge < -0.3 is 15.2 Å². The zero-order valence-electron chi connectivity index (χ0n) is 13.6. The van der Waals surface area contributed by atoms with E-state index in [1.807, 2.05) is 6.92 Å². The maximum Gasteiger partial charge on any atom is 0.326 e. The monoisotopic (exact) mass is 297 g/mol. The zero-order valence-corrected chi connectivity index (χ0v) is 13.6. The maximum atomic E-state index is 12.1. The number of hydrogen-bond acceptors (Lipinski definition) is 4. The quantitative estimate of drug-likeness (QED) is 0.765. The second kappa shape index (κ2) is 7.59. The third-order valence-corrected chi connectivity index (χ3v) is 5.31. The van der Waals surface area contributed by atoms with Gasteiger partial charge in [0.05, 0.1) is 12.7 Å². The number of rotatable bonds is 6. The normalized spacial score (nSPS) is 36.6. The molecule has 0 aliphatic heterocycles. The van der Waals surface area contributed by atoms with Crippen LogP contribution in [0.1, 0.15) is 65.2 Å². The SMILES string of the molecule is CCOC(=O)C1(N)CCCC1CCOC1CCC(C)CC1. The molecule has 2 rings (SSSR count). The van der Waals surface area contributed by atoms with Crippen molar-refractivity contribution in [2.75, 3.05) is 13.2 Å². The Morgan fingerprint density at radius 3 is 2.62 bits per heavy atom. The second-order valence-corrected chi connectivity index (χ2v) is 6.89. The predicted molar refractivity (Wildman–Crippen MR) is 82.9 cm³/mol. The molecule has 2 aliphatic rings. The Labute approximate surface area is 128 Å². The molecule has 2 fully saturated rings. The molecule has 21 heavy (non-hydrogen) atoms. The molecule has 2 aliphatic carbocycles. The Hall–Kier alpha value is -0.610. The van der Waals surface area contributed by atoms with Gasteiger partial charge in [0.1, 0.15) is 5.54 Å². The van der Waals surface area contributed by atoms with Crippen LogP contribution in [0.4, 0.5) is 0 Å². The van der Waals surface area contributed by atoms with Gasteiger partial charge in [-0.3, -0.25) is 4.79 Å². The van der Waals surface area contributed by atoms with Crippen molar-refractivity contribution in [2.45, 2.75) is 76.9 Å². The van der Waals surface area contributed by atoms with Gasteiger partial charge in [0.2, 0.25) is 0 Å². The third-order valence-electron chi connectivity index (χ3n) is 5.31. The molecular weight excluding hydrogens is 266 g/mol. The van der Waals surface area contributed by atoms with E-state index in [9.17, 15) is 4.79 Å². The molecule has 2 saturated carbocycles. The van der Waals surface area contributed by atoms with Crippen molar-refractivity contribution in [3.05, 3.63) is 0 Å². The van der Waals surface area contributed by atoms with Gasteiger partial charge in [0.25, 0.3) is 0 Å². The van der Waals surface area contributed by atoms with E-state index in [-0.39, 0.29) is 11.9 Å². The number of esters is 1. The lowest BCUT2D eigenvalue weighted by atomic mass is 9.85. The van der Waals surface area contributed by atoms with E-state index in [2.05, 4.69) is 6.92 Å². The smallest absolute Gasteiger partial charge is 0.326 e. The molecule has 2 unspecified atom stereocenters. The highest BCUT2D eigenvalue weighted by Gasteiger charge is 2.46. The van der Waals surface area contributed by atoms with Crippen LogP contribution >= 0.6 is 0 Å². The summed E-state index contributed by atoms with van der Waals surface area (Å²) in [4.78, 5) is 12.1. The highest BCUT2D eigenvalue weighted by Crippen LogP contribution is 2.37. The molecule has 122 valence electrons. The van der Waals surface area contributed by atoms with E-state index in [0.717, 1.165) is 38.2 Å². The molecule has 0 amide bonds. The van der Waals surface area contributed by atoms with E-state index in [4.69, 9.17) is 15.2 Å². The van der Waals surface area contributed by atoms with Crippen molar-refractivity contribution in [3.63, 3.8) is 0 Å². The molecule has 0 bridgehead atoms. The predicted octanol–water partition coefficient (Wildman–Crippen LogP) is 3.03. The van der Waals surface area contributed by atoms with Crippen LogP contribution in [0, 0.1) is 11.8 Å². The fourth-order valence-electron chi connectivity index (χ4n) is 3.81. The van der Waals surface area contributed by atoms with Gasteiger partial charge in [-0.15, -0.1) is 0 Å². The van der Waals surface area contributed by atoms with Gasteiger partial charge in [-0.1, -0.05) is 13.3 Å². The van der Waals surface area contributed by atoms with Crippen LogP contribution in [0.15, 0.2) is 0 Å². The molecule has 2 N–H and O–H groups in total. The van der Waals surface area contributed by atoms with Crippen LogP contribution < -0.4 is 5.73 Å². The van der Waals surface area contributed by atoms with Crippen molar-refractivity contribution in [1.82, 2.24) is 0 Å². The Morgan fingerprint density at radius 2 is 1.95 bits per heavy atom. The third kappa shape index (κ3) is 4.19. The minimum absolute atomic E-state index is 0.207. The summed E-state index contributed by atoms with van der Waals surface area (Å²) in [6.45, 7) is 5.28. The Balaban J connectivity index is 1.75. The first-order chi connectivity index (χ1) is 10.1. The highest BCUT2D eigenvalue weighted by molar-refractivity contribution is 5.81. The Morgan fingerprint density at radius 1 is 1.24 bits per heavy atom. The van der Waals surface area contributed by atoms with Crippen LogP contribution in [-0.2, 0) is 14.3 Å². The first-order valence-corrected chi connectivity index (χ1v) is 8.64. The number of ether oxygens (including phenoxy) is 2. The van der Waals surface area contributed by atoms with Gasteiger partial charge in [-0.2, -0.15) is 0 Å². The molecule has 0 radical (unpaired) electrons. The minimum atomic E-state index is -0.777. The van der Waals surface area contributed by atoms with Crippen LogP contribution in [0.5, 0.6) is 0 Å². The van der Waals surface area contributed by atoms with Crippen LogP contribution in [0.25, 0.3) is 0 Å². The topological polar surface area (TPSA) is 61.5 Å². The summed E-state index contributed by atoms with van der Waals surface area (Å²) >= 11 is 0. The second-order valence-electron chi connectivity index (χ2n) is 6.89. The van der Waals surface area contributed by atoms with E-state index in [1.165, 1.54) is 25.7 Å². The van der Waals surface area contributed by atoms with Gasteiger partial charge >= 0.3 is 5.97 Å². The molecule has 0 spiro atoms. The molecule has 2 atom stereocenters. The van der Waals surface area contributed by atoms with Crippen molar-refractivity contribution < 1.29 is 14.3 Å². The number of hydrogen-bond donors (Lipinski definition) is 1. The van der Waals surface area contributed by atoms with E-state index in [1.54, 1.807) is 0 Å². The maximum absolute atomic E-state index is 12.1. The number of carbonyl (C=O) groups excluding carboxylic acids is 1. The fourth-order valence-corrected chi connectivity index (χ4v) is 3.81. The summed E-state index contributed by atoms with van der Waals surface area (Å²) in [6.07, 6.45) is 8.97. The first-order valence-electron chi connectivity index (χ1n) is 8.64. The summed E-state index contributed by atoms with van der Waals surface area (Å²) in [6, 6.07) is 0. The molecular formula is C17H31NO3. The van der Waals surface area contributed by atoms with E-state index in [0.29, 0.717) is 12.7 Å². The largest absolute Gasteiger partial charge is 0.465 e. The van der Waals surface area contributed by atoms with Crippen molar-refractivity contribution >= 4 is 5.97 Å². The fraction of sp³-hybridized carbons (Fsp3) is 0.941. The Kier molecular flexibility index (Phi) is 6.06. The van der Waals surface area contributed by atoms with Gasteiger partial charge in [0.15, 0.2) is 0 Å². The average Bonchev–Trinajstić information content (AvgIpc) is 2.84. The van der Waals surface area contributed by atoms with Gasteiger partial charge in [-0.25, -0.2) is 0 Å². The number of carbonyl (C=O) groups is 1. The molecule has 0 aromatic carbocycles. The van der Waals surface area contributed by atoms with Crippen molar-refractivity contribution in [2.24, 2.45) is 17.6 Å². The Bertz CT molecular complexity index is 339. The van der Waals surface area contributed by atoms with E-state index < -0.39 is 5.54 Å². The molecule has 4 heteroatoms. The van der Waals surface area contributed by atoms with Crippen molar-refractivity contribution in [1.29, 1.82) is 0 Å². The molecule has 0 aromatic heterocycles. The molecule has 0 heterocycles. The molecule has 0 aromatic rings. The summed E-state index contributed by atoms with van der Waals surface area (Å²) in [5.74, 6) is 0.832. The summed E-state index contributed by atoms with van der Waals surface area (Å²) < 4.78 is 11.2. The average molecular weight is 297 g/mol. The highest BCUT2D eigenvalue weighted by atomic mass is 16.5. The summed E-state index contributed by atoms with van der Waals surface area (Å²) in [5, 5.41) is 0. The van der Waals surface area contributed by atoms with Crippen molar-refractivity contribution in [3.8, 4) is 0 Å². The summed E-state index contributed by atoms with van der Waals surface area (Å²) in [5.41, 5.74) is 5.56. The molecule has 4 nitrogen and oxygen atoms in total. The van der Waals surface area contributed by atoms with Crippen LogP contribution in [0.3, 0.4) is 0 Å².